The van der Waals surface area contributed by atoms with E-state index in [1.165, 1.54) is 0 Å². The molecule has 1 N–H and O–H groups in total. The first kappa shape index (κ1) is 9.45. The van der Waals surface area contributed by atoms with Gasteiger partial charge in [-0.2, -0.15) is 5.26 Å². The van der Waals surface area contributed by atoms with Crippen LogP contribution in [-0.4, -0.2) is 13.1 Å². The summed E-state index contributed by atoms with van der Waals surface area (Å²) in [7, 11) is 0. The summed E-state index contributed by atoms with van der Waals surface area (Å²) in [5.41, 5.74) is 0. The topological polar surface area (TPSA) is 35.8 Å². The van der Waals surface area contributed by atoms with Crippen LogP contribution in [0.5, 0.6) is 0 Å². The number of nitrogens with zero attached hydrogens (tertiary/aromatic N) is 1. The molecular weight excluding hydrogens is 124 g/mol. The Morgan fingerprint density at radius 2 is 2.20 bits per heavy atom. The molecule has 0 aliphatic rings. The maximum atomic E-state index is 8.20. The summed E-state index contributed by atoms with van der Waals surface area (Å²) in [6, 6.07) is 2.12. The molecule has 0 unspecified atom stereocenters. The standard InChI is InChI=1S/C8H16N2/c1-8(2)7-10-6-4-3-5-9/h8,10H,3-4,6-7H2,1-2H3. The Morgan fingerprint density at radius 3 is 2.70 bits per heavy atom. The minimum absolute atomic E-state index is 0.672. The molecule has 0 rings (SSSR count). The van der Waals surface area contributed by atoms with Gasteiger partial charge in [0.05, 0.1) is 6.07 Å². The monoisotopic (exact) mass is 140 g/mol. The van der Waals surface area contributed by atoms with Gasteiger partial charge in [-0.3, -0.25) is 0 Å². The summed E-state index contributed by atoms with van der Waals surface area (Å²) in [5.74, 6) is 0.710. The quantitative estimate of drug-likeness (QED) is 0.588. The third-order valence-corrected chi connectivity index (χ3v) is 1.19. The van der Waals surface area contributed by atoms with Crippen molar-refractivity contribution < 1.29 is 0 Å². The Bertz CT molecular complexity index is 102. The Morgan fingerprint density at radius 1 is 1.50 bits per heavy atom. The number of hydrogen-bond acceptors (Lipinski definition) is 2. The van der Waals surface area contributed by atoms with Crippen molar-refractivity contribution in [2.45, 2.75) is 26.7 Å². The Kier molecular flexibility index (Phi) is 6.21. The van der Waals surface area contributed by atoms with Crippen molar-refractivity contribution in [1.29, 1.82) is 5.26 Å². The Labute approximate surface area is 63.2 Å². The molecule has 0 radical (unpaired) electrons. The van der Waals surface area contributed by atoms with Crippen LogP contribution in [0.2, 0.25) is 0 Å². The zero-order valence-electron chi connectivity index (χ0n) is 6.85. The molecule has 0 bridgehead atoms. The first-order valence-electron chi connectivity index (χ1n) is 3.85. The highest BCUT2D eigenvalue weighted by Crippen LogP contribution is 1.88. The minimum Gasteiger partial charge on any atom is -0.316 e. The fourth-order valence-electron chi connectivity index (χ4n) is 0.683. The minimum atomic E-state index is 0.672. The summed E-state index contributed by atoms with van der Waals surface area (Å²) < 4.78 is 0. The lowest BCUT2D eigenvalue weighted by atomic mass is 10.2. The van der Waals surface area contributed by atoms with Gasteiger partial charge >= 0.3 is 0 Å². The van der Waals surface area contributed by atoms with E-state index in [9.17, 15) is 0 Å². The van der Waals surface area contributed by atoms with Crippen LogP contribution >= 0.6 is 0 Å². The van der Waals surface area contributed by atoms with Crippen molar-refractivity contribution in [3.8, 4) is 6.07 Å². The molecule has 0 atom stereocenters. The number of nitriles is 1. The van der Waals surface area contributed by atoms with E-state index < -0.39 is 0 Å². The molecule has 0 spiro atoms. The second-order valence-electron chi connectivity index (χ2n) is 2.86. The number of rotatable bonds is 5. The van der Waals surface area contributed by atoms with Crippen LogP contribution in [0.25, 0.3) is 0 Å². The van der Waals surface area contributed by atoms with E-state index in [4.69, 9.17) is 5.26 Å². The highest BCUT2D eigenvalue weighted by atomic mass is 14.8. The summed E-state index contributed by atoms with van der Waals surface area (Å²) >= 11 is 0. The highest BCUT2D eigenvalue weighted by molar-refractivity contribution is 4.68. The molecule has 0 aromatic heterocycles. The van der Waals surface area contributed by atoms with Gasteiger partial charge in [-0.1, -0.05) is 13.8 Å². The van der Waals surface area contributed by atoms with Gasteiger partial charge < -0.3 is 5.32 Å². The second kappa shape index (κ2) is 6.57. The molecule has 2 heteroatoms. The maximum absolute atomic E-state index is 8.20. The SMILES string of the molecule is CC(C)CNCCCC#N. The average molecular weight is 140 g/mol. The molecule has 58 valence electrons. The van der Waals surface area contributed by atoms with E-state index in [2.05, 4.69) is 25.2 Å². The second-order valence-corrected chi connectivity index (χ2v) is 2.86. The van der Waals surface area contributed by atoms with Crippen molar-refractivity contribution in [3.63, 3.8) is 0 Å². The molecular formula is C8H16N2. The fraction of sp³-hybridized carbons (Fsp3) is 0.875. The van der Waals surface area contributed by atoms with Gasteiger partial charge in [0.2, 0.25) is 0 Å². The van der Waals surface area contributed by atoms with E-state index in [0.717, 1.165) is 19.5 Å². The van der Waals surface area contributed by atoms with E-state index in [-0.39, 0.29) is 0 Å². The molecule has 10 heavy (non-hydrogen) atoms. The van der Waals surface area contributed by atoms with Crippen molar-refractivity contribution in [2.75, 3.05) is 13.1 Å². The molecule has 0 aliphatic heterocycles. The van der Waals surface area contributed by atoms with Crippen LogP contribution < -0.4 is 5.32 Å². The summed E-state index contributed by atoms with van der Waals surface area (Å²) in [4.78, 5) is 0. The third kappa shape index (κ3) is 7.45. The average Bonchev–Trinajstić information content (AvgIpc) is 1.87. The van der Waals surface area contributed by atoms with E-state index in [0.29, 0.717) is 12.3 Å². The number of unbranched alkanes of at least 4 members (excludes halogenated alkanes) is 1. The predicted molar refractivity (Wildman–Crippen MR) is 42.6 cm³/mol. The zero-order valence-corrected chi connectivity index (χ0v) is 6.85. The van der Waals surface area contributed by atoms with Gasteiger partial charge in [0, 0.05) is 6.42 Å². The molecule has 0 heterocycles. The normalized spacial score (nSPS) is 9.80. The lowest BCUT2D eigenvalue weighted by molar-refractivity contribution is 0.545. The van der Waals surface area contributed by atoms with Gasteiger partial charge in [0.15, 0.2) is 0 Å². The van der Waals surface area contributed by atoms with Crippen LogP contribution in [0.4, 0.5) is 0 Å². The van der Waals surface area contributed by atoms with Crippen LogP contribution in [0.1, 0.15) is 26.7 Å². The first-order valence-corrected chi connectivity index (χ1v) is 3.85. The largest absolute Gasteiger partial charge is 0.316 e. The first-order chi connectivity index (χ1) is 4.77. The Hall–Kier alpha value is -0.550. The van der Waals surface area contributed by atoms with Gasteiger partial charge in [-0.25, -0.2) is 0 Å². The summed E-state index contributed by atoms with van der Waals surface area (Å²) in [5, 5.41) is 11.5. The molecule has 0 saturated carbocycles. The smallest absolute Gasteiger partial charge is 0.0622 e. The summed E-state index contributed by atoms with van der Waals surface area (Å²) in [6.07, 6.45) is 1.65. The van der Waals surface area contributed by atoms with E-state index in [1.807, 2.05) is 0 Å². The van der Waals surface area contributed by atoms with Crippen molar-refractivity contribution >= 4 is 0 Å². The summed E-state index contributed by atoms with van der Waals surface area (Å²) in [6.45, 7) is 6.39. The lowest BCUT2D eigenvalue weighted by Crippen LogP contribution is -2.20. The van der Waals surface area contributed by atoms with Crippen molar-refractivity contribution in [1.82, 2.24) is 5.32 Å². The lowest BCUT2D eigenvalue weighted by Gasteiger charge is -2.04. The molecule has 0 amide bonds. The molecule has 0 aromatic carbocycles. The van der Waals surface area contributed by atoms with Crippen LogP contribution in [0, 0.1) is 17.2 Å². The molecule has 0 fully saturated rings. The van der Waals surface area contributed by atoms with Gasteiger partial charge in [0.25, 0.3) is 0 Å². The molecule has 0 aliphatic carbocycles. The fourth-order valence-corrected chi connectivity index (χ4v) is 0.683. The third-order valence-electron chi connectivity index (χ3n) is 1.19. The predicted octanol–water partition coefficient (Wildman–Crippen LogP) is 1.54. The highest BCUT2D eigenvalue weighted by Gasteiger charge is 1.90. The molecule has 0 saturated heterocycles. The zero-order chi connectivity index (χ0) is 7.82. The number of nitrogens with one attached hydrogen (secondary N) is 1. The van der Waals surface area contributed by atoms with Crippen molar-refractivity contribution in [3.05, 3.63) is 0 Å². The van der Waals surface area contributed by atoms with Crippen molar-refractivity contribution in [2.24, 2.45) is 5.92 Å². The van der Waals surface area contributed by atoms with Crippen LogP contribution in [0.3, 0.4) is 0 Å². The van der Waals surface area contributed by atoms with E-state index >= 15 is 0 Å². The molecule has 0 aromatic rings. The number of hydrogen-bond donors (Lipinski definition) is 1. The molecule has 2 nitrogen and oxygen atoms in total. The Balaban J connectivity index is 2.86. The maximum Gasteiger partial charge on any atom is 0.0622 e. The van der Waals surface area contributed by atoms with Gasteiger partial charge in [-0.05, 0) is 25.4 Å². The van der Waals surface area contributed by atoms with Gasteiger partial charge in [0.1, 0.15) is 0 Å². The van der Waals surface area contributed by atoms with Crippen LogP contribution in [0.15, 0.2) is 0 Å². The van der Waals surface area contributed by atoms with Gasteiger partial charge in [-0.15, -0.1) is 0 Å². The van der Waals surface area contributed by atoms with E-state index in [1.54, 1.807) is 0 Å². The van der Waals surface area contributed by atoms with Crippen LogP contribution in [-0.2, 0) is 0 Å².